The van der Waals surface area contributed by atoms with E-state index in [9.17, 15) is 4.79 Å². The SMILES string of the molecule is C=C(C)CC(=O)N1CCNCC1. The first-order chi connectivity index (χ1) is 5.70. The Labute approximate surface area is 73.4 Å². The van der Waals surface area contributed by atoms with Crippen molar-refractivity contribution in [2.75, 3.05) is 26.2 Å². The zero-order valence-electron chi connectivity index (χ0n) is 7.60. The minimum atomic E-state index is 0.212. The highest BCUT2D eigenvalue weighted by Gasteiger charge is 2.15. The second-order valence-electron chi connectivity index (χ2n) is 3.26. The molecule has 1 saturated heterocycles. The lowest BCUT2D eigenvalue weighted by Gasteiger charge is -2.27. The number of carbonyl (C=O) groups is 1. The Morgan fingerprint density at radius 2 is 2.08 bits per heavy atom. The van der Waals surface area contributed by atoms with Crippen LogP contribution in [0.15, 0.2) is 12.2 Å². The lowest BCUT2D eigenvalue weighted by molar-refractivity contribution is -0.130. The van der Waals surface area contributed by atoms with Gasteiger partial charge in [0.1, 0.15) is 0 Å². The van der Waals surface area contributed by atoms with Crippen LogP contribution < -0.4 is 5.32 Å². The lowest BCUT2D eigenvalue weighted by atomic mass is 10.2. The van der Waals surface area contributed by atoms with E-state index in [0.29, 0.717) is 6.42 Å². The summed E-state index contributed by atoms with van der Waals surface area (Å²) in [6.45, 7) is 9.13. The molecule has 1 aliphatic heterocycles. The minimum absolute atomic E-state index is 0.212. The summed E-state index contributed by atoms with van der Waals surface area (Å²) in [5.74, 6) is 0.212. The molecule has 68 valence electrons. The largest absolute Gasteiger partial charge is 0.340 e. The standard InChI is InChI=1S/C9H16N2O/c1-8(2)7-9(12)11-5-3-10-4-6-11/h10H,1,3-7H2,2H3. The highest BCUT2D eigenvalue weighted by Crippen LogP contribution is 2.02. The molecule has 0 aromatic heterocycles. The maximum absolute atomic E-state index is 11.4. The van der Waals surface area contributed by atoms with E-state index in [1.54, 1.807) is 0 Å². The molecule has 0 spiro atoms. The summed E-state index contributed by atoms with van der Waals surface area (Å²) in [5, 5.41) is 3.21. The van der Waals surface area contributed by atoms with Gasteiger partial charge in [0.05, 0.1) is 0 Å². The molecule has 1 N–H and O–H groups in total. The smallest absolute Gasteiger partial charge is 0.226 e. The van der Waals surface area contributed by atoms with Gasteiger partial charge in [-0.05, 0) is 6.92 Å². The molecule has 12 heavy (non-hydrogen) atoms. The number of rotatable bonds is 2. The van der Waals surface area contributed by atoms with Gasteiger partial charge < -0.3 is 10.2 Å². The Morgan fingerprint density at radius 1 is 1.50 bits per heavy atom. The van der Waals surface area contributed by atoms with Crippen LogP contribution in [0.4, 0.5) is 0 Å². The van der Waals surface area contributed by atoms with Crippen molar-refractivity contribution in [3.63, 3.8) is 0 Å². The molecule has 1 aliphatic rings. The van der Waals surface area contributed by atoms with E-state index in [1.165, 1.54) is 0 Å². The number of carbonyl (C=O) groups excluding carboxylic acids is 1. The molecule has 1 rings (SSSR count). The number of hydrogen-bond donors (Lipinski definition) is 1. The van der Waals surface area contributed by atoms with Crippen molar-refractivity contribution in [3.05, 3.63) is 12.2 Å². The minimum Gasteiger partial charge on any atom is -0.340 e. The summed E-state index contributed by atoms with van der Waals surface area (Å²) in [6, 6.07) is 0. The fourth-order valence-corrected chi connectivity index (χ4v) is 1.28. The van der Waals surface area contributed by atoms with Crippen LogP contribution in [0, 0.1) is 0 Å². The van der Waals surface area contributed by atoms with E-state index < -0.39 is 0 Å². The van der Waals surface area contributed by atoms with Crippen LogP contribution in [0.1, 0.15) is 13.3 Å². The Kier molecular flexibility index (Phi) is 3.29. The molecule has 1 heterocycles. The lowest BCUT2D eigenvalue weighted by Crippen LogP contribution is -2.46. The first-order valence-electron chi connectivity index (χ1n) is 4.33. The van der Waals surface area contributed by atoms with Crippen LogP contribution in [0.5, 0.6) is 0 Å². The normalized spacial score (nSPS) is 17.6. The van der Waals surface area contributed by atoms with E-state index in [-0.39, 0.29) is 5.91 Å². The summed E-state index contributed by atoms with van der Waals surface area (Å²) in [4.78, 5) is 13.3. The molecule has 0 radical (unpaired) electrons. The number of amides is 1. The summed E-state index contributed by atoms with van der Waals surface area (Å²) in [5.41, 5.74) is 0.943. The van der Waals surface area contributed by atoms with Gasteiger partial charge in [-0.3, -0.25) is 4.79 Å². The fraction of sp³-hybridized carbons (Fsp3) is 0.667. The molecular weight excluding hydrogens is 152 g/mol. The maximum Gasteiger partial charge on any atom is 0.226 e. The third kappa shape index (κ3) is 2.66. The number of hydrogen-bond acceptors (Lipinski definition) is 2. The first kappa shape index (κ1) is 9.26. The van der Waals surface area contributed by atoms with Crippen molar-refractivity contribution in [2.45, 2.75) is 13.3 Å². The maximum atomic E-state index is 11.4. The first-order valence-corrected chi connectivity index (χ1v) is 4.33. The van der Waals surface area contributed by atoms with Gasteiger partial charge in [-0.1, -0.05) is 12.2 Å². The zero-order valence-corrected chi connectivity index (χ0v) is 7.60. The van der Waals surface area contributed by atoms with Gasteiger partial charge in [-0.2, -0.15) is 0 Å². The predicted octanol–water partition coefficient (Wildman–Crippen LogP) is 0.384. The van der Waals surface area contributed by atoms with Crippen LogP contribution in [0.25, 0.3) is 0 Å². The van der Waals surface area contributed by atoms with Gasteiger partial charge in [0, 0.05) is 32.6 Å². The van der Waals surface area contributed by atoms with Gasteiger partial charge in [0.15, 0.2) is 0 Å². The van der Waals surface area contributed by atoms with Crippen molar-refractivity contribution in [3.8, 4) is 0 Å². The highest BCUT2D eigenvalue weighted by atomic mass is 16.2. The van der Waals surface area contributed by atoms with E-state index in [0.717, 1.165) is 31.8 Å². The molecule has 0 aliphatic carbocycles. The van der Waals surface area contributed by atoms with Gasteiger partial charge in [-0.25, -0.2) is 0 Å². The summed E-state index contributed by atoms with van der Waals surface area (Å²) >= 11 is 0. The Bertz CT molecular complexity index is 183. The van der Waals surface area contributed by atoms with Crippen molar-refractivity contribution in [2.24, 2.45) is 0 Å². The summed E-state index contributed by atoms with van der Waals surface area (Å²) in [7, 11) is 0. The topological polar surface area (TPSA) is 32.3 Å². The predicted molar refractivity (Wildman–Crippen MR) is 48.9 cm³/mol. The second-order valence-corrected chi connectivity index (χ2v) is 3.26. The zero-order chi connectivity index (χ0) is 8.97. The third-order valence-corrected chi connectivity index (χ3v) is 1.92. The molecule has 0 bridgehead atoms. The van der Waals surface area contributed by atoms with Crippen molar-refractivity contribution >= 4 is 5.91 Å². The van der Waals surface area contributed by atoms with Gasteiger partial charge in [0.2, 0.25) is 5.91 Å². The Morgan fingerprint density at radius 3 is 2.58 bits per heavy atom. The Balaban J connectivity index is 2.34. The molecule has 3 heteroatoms. The van der Waals surface area contributed by atoms with E-state index in [4.69, 9.17) is 0 Å². The molecule has 0 aromatic rings. The average molecular weight is 168 g/mol. The van der Waals surface area contributed by atoms with Gasteiger partial charge in [-0.15, -0.1) is 0 Å². The van der Waals surface area contributed by atoms with Crippen LogP contribution in [-0.4, -0.2) is 37.0 Å². The monoisotopic (exact) mass is 168 g/mol. The van der Waals surface area contributed by atoms with Crippen LogP contribution in [0.2, 0.25) is 0 Å². The summed E-state index contributed by atoms with van der Waals surface area (Å²) in [6.07, 6.45) is 0.500. The molecule has 1 fully saturated rings. The van der Waals surface area contributed by atoms with Gasteiger partial charge in [0.25, 0.3) is 0 Å². The molecule has 0 unspecified atom stereocenters. The number of piperazine rings is 1. The van der Waals surface area contributed by atoms with E-state index in [1.807, 2.05) is 11.8 Å². The van der Waals surface area contributed by atoms with E-state index in [2.05, 4.69) is 11.9 Å². The molecule has 3 nitrogen and oxygen atoms in total. The van der Waals surface area contributed by atoms with Crippen molar-refractivity contribution < 1.29 is 4.79 Å². The third-order valence-electron chi connectivity index (χ3n) is 1.92. The second kappa shape index (κ2) is 4.26. The summed E-state index contributed by atoms with van der Waals surface area (Å²) < 4.78 is 0. The van der Waals surface area contributed by atoms with Crippen LogP contribution in [0.3, 0.4) is 0 Å². The van der Waals surface area contributed by atoms with Crippen LogP contribution >= 0.6 is 0 Å². The van der Waals surface area contributed by atoms with Crippen LogP contribution in [-0.2, 0) is 4.79 Å². The molecule has 0 atom stereocenters. The van der Waals surface area contributed by atoms with Gasteiger partial charge >= 0.3 is 0 Å². The molecule has 0 aromatic carbocycles. The van der Waals surface area contributed by atoms with Crippen molar-refractivity contribution in [1.82, 2.24) is 10.2 Å². The van der Waals surface area contributed by atoms with E-state index >= 15 is 0 Å². The Hall–Kier alpha value is -0.830. The highest BCUT2D eigenvalue weighted by molar-refractivity contribution is 5.78. The quantitative estimate of drug-likeness (QED) is 0.605. The van der Waals surface area contributed by atoms with Crippen molar-refractivity contribution in [1.29, 1.82) is 0 Å². The number of nitrogens with one attached hydrogen (secondary N) is 1. The molecule has 0 saturated carbocycles. The average Bonchev–Trinajstić information content (AvgIpc) is 2.05. The number of nitrogens with zero attached hydrogens (tertiary/aromatic N) is 1. The fourth-order valence-electron chi connectivity index (χ4n) is 1.28. The molecular formula is C9H16N2O. The molecule has 1 amide bonds.